The third-order valence-corrected chi connectivity index (χ3v) is 4.92. The fraction of sp³-hybridized carbons (Fsp3) is 0.125. The number of para-hydroxylation sites is 1. The van der Waals surface area contributed by atoms with Gasteiger partial charge in [-0.2, -0.15) is 0 Å². The highest BCUT2D eigenvalue weighted by molar-refractivity contribution is 5.99. The highest BCUT2D eigenvalue weighted by Gasteiger charge is 2.32. The molecule has 6 nitrogen and oxygen atoms in total. The average Bonchev–Trinajstić information content (AvgIpc) is 3.18. The normalized spacial score (nSPS) is 11.6. The van der Waals surface area contributed by atoms with Crippen molar-refractivity contribution in [3.8, 4) is 28.3 Å². The quantitative estimate of drug-likeness (QED) is 0.337. The van der Waals surface area contributed by atoms with Gasteiger partial charge < -0.3 is 9.52 Å². The topological polar surface area (TPSA) is 85.3 Å². The van der Waals surface area contributed by atoms with Gasteiger partial charge in [-0.1, -0.05) is 6.07 Å². The van der Waals surface area contributed by atoms with Gasteiger partial charge in [0, 0.05) is 23.9 Å². The summed E-state index contributed by atoms with van der Waals surface area (Å²) < 4.78 is 62.9. The summed E-state index contributed by atoms with van der Waals surface area (Å²) in [5.74, 6) is -5.76. The van der Waals surface area contributed by atoms with Gasteiger partial charge in [-0.3, -0.25) is 14.2 Å². The van der Waals surface area contributed by atoms with Crippen LogP contribution < -0.4 is 5.56 Å². The summed E-state index contributed by atoms with van der Waals surface area (Å²) in [5, 5.41) is 10.1. The number of Topliss-reactive ketones (excluding diaryl/α,β-unsaturated/α-hetero) is 1. The molecular weight excluding hydrogens is 456 g/mol. The van der Waals surface area contributed by atoms with E-state index in [1.54, 1.807) is 0 Å². The molecule has 0 aliphatic carbocycles. The number of rotatable bonds is 5. The Balaban J connectivity index is 1.98. The van der Waals surface area contributed by atoms with E-state index in [0.717, 1.165) is 42.6 Å². The molecule has 0 saturated heterocycles. The van der Waals surface area contributed by atoms with Crippen LogP contribution in [0.15, 0.2) is 63.9 Å². The summed E-state index contributed by atoms with van der Waals surface area (Å²) in [6.07, 6.45) is 1.05. The molecule has 2 aromatic carbocycles. The molecule has 0 spiro atoms. The Morgan fingerprint density at radius 3 is 2.29 bits per heavy atom. The van der Waals surface area contributed by atoms with Gasteiger partial charge in [0.05, 0.1) is 5.56 Å². The van der Waals surface area contributed by atoms with E-state index in [1.807, 2.05) is 0 Å². The summed E-state index contributed by atoms with van der Waals surface area (Å²) in [6, 6.07) is 7.90. The number of aliphatic hydroxyl groups is 1. The molecule has 174 valence electrons. The molecule has 4 aromatic rings. The fourth-order valence-electron chi connectivity index (χ4n) is 3.25. The van der Waals surface area contributed by atoms with Gasteiger partial charge in [0.25, 0.3) is 11.4 Å². The number of halogens is 4. The zero-order valence-corrected chi connectivity index (χ0v) is 17.8. The number of carbonyl (C=O) groups excluding carboxylic acids is 1. The second-order valence-electron chi connectivity index (χ2n) is 7.91. The van der Waals surface area contributed by atoms with Crippen molar-refractivity contribution in [3.05, 3.63) is 94.2 Å². The first-order valence-electron chi connectivity index (χ1n) is 9.88. The van der Waals surface area contributed by atoms with Gasteiger partial charge in [0.15, 0.2) is 5.76 Å². The molecule has 4 rings (SSSR count). The second-order valence-corrected chi connectivity index (χ2v) is 7.91. The zero-order valence-electron chi connectivity index (χ0n) is 17.8. The number of oxazole rings is 1. The van der Waals surface area contributed by atoms with Crippen LogP contribution >= 0.6 is 0 Å². The lowest BCUT2D eigenvalue weighted by Gasteiger charge is -2.11. The SMILES string of the molecule is CC(C)(O)C(=O)c1nc(-c2ccc(=O)n(-c3c(F)cccc3F)c2)c(-c2ccc(F)cc2F)o1. The smallest absolute Gasteiger partial charge is 0.267 e. The maximum Gasteiger partial charge on any atom is 0.267 e. The van der Waals surface area contributed by atoms with Gasteiger partial charge in [-0.05, 0) is 44.2 Å². The number of hydrogen-bond acceptors (Lipinski definition) is 5. The Bertz CT molecular complexity index is 1470. The average molecular weight is 472 g/mol. The number of ketones is 1. The first kappa shape index (κ1) is 23.1. The van der Waals surface area contributed by atoms with E-state index in [2.05, 4.69) is 4.98 Å². The van der Waals surface area contributed by atoms with Gasteiger partial charge >= 0.3 is 0 Å². The van der Waals surface area contributed by atoms with Crippen LogP contribution in [-0.2, 0) is 0 Å². The van der Waals surface area contributed by atoms with Gasteiger partial charge in [-0.25, -0.2) is 22.5 Å². The maximum atomic E-state index is 14.6. The van der Waals surface area contributed by atoms with Gasteiger partial charge in [0.2, 0.25) is 5.78 Å². The first-order valence-corrected chi connectivity index (χ1v) is 9.88. The van der Waals surface area contributed by atoms with Crippen molar-refractivity contribution in [2.24, 2.45) is 0 Å². The summed E-state index contributed by atoms with van der Waals surface area (Å²) in [5.41, 5.74) is -3.74. The molecule has 0 aliphatic rings. The number of carbonyl (C=O) groups is 1. The number of pyridine rings is 1. The maximum absolute atomic E-state index is 14.6. The zero-order chi connectivity index (χ0) is 24.8. The van der Waals surface area contributed by atoms with Crippen molar-refractivity contribution in [2.45, 2.75) is 19.4 Å². The Morgan fingerprint density at radius 1 is 1.00 bits per heavy atom. The Morgan fingerprint density at radius 2 is 1.68 bits per heavy atom. The Labute approximate surface area is 189 Å². The Kier molecular flexibility index (Phi) is 5.70. The second kappa shape index (κ2) is 8.38. The van der Waals surface area contributed by atoms with Crippen LogP contribution in [0.1, 0.15) is 24.5 Å². The van der Waals surface area contributed by atoms with Crippen molar-refractivity contribution in [3.63, 3.8) is 0 Å². The van der Waals surface area contributed by atoms with Crippen LogP contribution in [0.3, 0.4) is 0 Å². The van der Waals surface area contributed by atoms with Crippen molar-refractivity contribution in [1.82, 2.24) is 9.55 Å². The number of hydrogen-bond donors (Lipinski definition) is 1. The molecule has 1 N–H and O–H groups in total. The molecule has 0 saturated carbocycles. The molecule has 10 heteroatoms. The van der Waals surface area contributed by atoms with Crippen LogP contribution in [-0.4, -0.2) is 26.0 Å². The predicted octanol–water partition coefficient (Wildman–Crippen LogP) is 4.67. The highest BCUT2D eigenvalue weighted by Crippen LogP contribution is 2.35. The van der Waals surface area contributed by atoms with E-state index >= 15 is 0 Å². The monoisotopic (exact) mass is 472 g/mol. The summed E-state index contributed by atoms with van der Waals surface area (Å²) in [7, 11) is 0. The molecular formula is C24H16F4N2O4. The standard InChI is InChI=1S/C24H16F4N2O4/c1-24(2,33)22(32)23-29-19(21(34-23)14-8-7-13(25)10-17(14)28)12-6-9-18(31)30(11-12)20-15(26)4-3-5-16(20)27/h3-11,33H,1-2H3. The van der Waals surface area contributed by atoms with E-state index < -0.39 is 51.8 Å². The number of benzene rings is 2. The molecule has 2 aromatic heterocycles. The number of aromatic nitrogens is 2. The lowest BCUT2D eigenvalue weighted by Crippen LogP contribution is -2.31. The minimum absolute atomic E-state index is 0.0273. The van der Waals surface area contributed by atoms with Crippen LogP contribution in [0, 0.1) is 23.3 Å². The number of nitrogens with zero attached hydrogens (tertiary/aromatic N) is 2. The van der Waals surface area contributed by atoms with E-state index in [0.29, 0.717) is 10.6 Å². The van der Waals surface area contributed by atoms with Crippen LogP contribution in [0.5, 0.6) is 0 Å². The van der Waals surface area contributed by atoms with Crippen molar-refractivity contribution >= 4 is 5.78 Å². The lowest BCUT2D eigenvalue weighted by molar-refractivity contribution is 0.0452. The predicted molar refractivity (Wildman–Crippen MR) is 113 cm³/mol. The minimum Gasteiger partial charge on any atom is -0.433 e. The lowest BCUT2D eigenvalue weighted by atomic mass is 10.0. The van der Waals surface area contributed by atoms with E-state index in [-0.39, 0.29) is 22.6 Å². The fourth-order valence-corrected chi connectivity index (χ4v) is 3.25. The molecule has 2 heterocycles. The summed E-state index contributed by atoms with van der Waals surface area (Å²) >= 11 is 0. The molecule has 34 heavy (non-hydrogen) atoms. The molecule has 0 amide bonds. The van der Waals surface area contributed by atoms with Gasteiger partial charge in [-0.15, -0.1) is 0 Å². The van der Waals surface area contributed by atoms with E-state index in [9.17, 15) is 32.3 Å². The van der Waals surface area contributed by atoms with Crippen molar-refractivity contribution < 1.29 is 31.9 Å². The third kappa shape index (κ3) is 4.15. The van der Waals surface area contributed by atoms with Crippen LogP contribution in [0.4, 0.5) is 17.6 Å². The largest absolute Gasteiger partial charge is 0.433 e. The van der Waals surface area contributed by atoms with Crippen LogP contribution in [0.2, 0.25) is 0 Å². The summed E-state index contributed by atoms with van der Waals surface area (Å²) in [4.78, 5) is 29.0. The molecule has 0 bridgehead atoms. The van der Waals surface area contributed by atoms with Crippen molar-refractivity contribution in [1.29, 1.82) is 0 Å². The first-order chi connectivity index (χ1) is 16.0. The molecule has 0 fully saturated rings. The Hall–Kier alpha value is -4.05. The van der Waals surface area contributed by atoms with Crippen LogP contribution in [0.25, 0.3) is 28.3 Å². The molecule has 0 atom stereocenters. The molecule has 0 aliphatic heterocycles. The molecule has 0 unspecified atom stereocenters. The minimum atomic E-state index is -1.89. The third-order valence-electron chi connectivity index (χ3n) is 4.92. The highest BCUT2D eigenvalue weighted by atomic mass is 19.1. The van der Waals surface area contributed by atoms with E-state index in [4.69, 9.17) is 4.42 Å². The molecule has 0 radical (unpaired) electrons. The van der Waals surface area contributed by atoms with E-state index in [1.165, 1.54) is 19.9 Å². The summed E-state index contributed by atoms with van der Waals surface area (Å²) in [6.45, 7) is 2.39. The van der Waals surface area contributed by atoms with Gasteiger partial charge in [0.1, 0.15) is 40.3 Å². The van der Waals surface area contributed by atoms with Crippen molar-refractivity contribution in [2.75, 3.05) is 0 Å².